The zero-order valence-electron chi connectivity index (χ0n) is 15.3. The van der Waals surface area contributed by atoms with Gasteiger partial charge in [0.1, 0.15) is 5.75 Å². The smallest absolute Gasteiger partial charge is 0.276 e. The largest absolute Gasteiger partial charge is 0.484 e. The molecule has 26 heavy (non-hydrogen) atoms. The molecule has 2 amide bonds. The van der Waals surface area contributed by atoms with E-state index in [1.54, 1.807) is 30.3 Å². The maximum Gasteiger partial charge on any atom is 0.276 e. The summed E-state index contributed by atoms with van der Waals surface area (Å²) in [4.78, 5) is 24.1. The van der Waals surface area contributed by atoms with Gasteiger partial charge >= 0.3 is 0 Å². The number of rotatable bonds is 5. The minimum atomic E-state index is -0.486. The fourth-order valence-corrected chi connectivity index (χ4v) is 2.81. The molecular formula is C19H22N4O3. The summed E-state index contributed by atoms with van der Waals surface area (Å²) in [7, 11) is 0. The van der Waals surface area contributed by atoms with E-state index in [1.807, 2.05) is 33.8 Å². The first-order valence-corrected chi connectivity index (χ1v) is 8.24. The first-order chi connectivity index (χ1) is 12.3. The molecule has 1 heterocycles. The van der Waals surface area contributed by atoms with Crippen LogP contribution in [0, 0.1) is 25.2 Å². The van der Waals surface area contributed by atoms with Gasteiger partial charge in [-0.2, -0.15) is 5.26 Å². The molecule has 0 saturated carbocycles. The van der Waals surface area contributed by atoms with E-state index in [4.69, 9.17) is 10.00 Å². The summed E-state index contributed by atoms with van der Waals surface area (Å²) in [5.74, 6) is -0.400. The summed E-state index contributed by atoms with van der Waals surface area (Å²) in [5.41, 5.74) is 7.59. The number of hydrogen-bond acceptors (Lipinski definition) is 4. The van der Waals surface area contributed by atoms with E-state index < -0.39 is 5.91 Å². The molecule has 7 heteroatoms. The summed E-state index contributed by atoms with van der Waals surface area (Å²) >= 11 is 0. The van der Waals surface area contributed by atoms with Gasteiger partial charge in [0, 0.05) is 17.4 Å². The maximum absolute atomic E-state index is 12.3. The highest BCUT2D eigenvalue weighted by Crippen LogP contribution is 2.19. The predicted molar refractivity (Wildman–Crippen MR) is 96.6 cm³/mol. The molecule has 0 aliphatic heterocycles. The van der Waals surface area contributed by atoms with E-state index in [1.165, 1.54) is 0 Å². The lowest BCUT2D eigenvalue weighted by Crippen LogP contribution is -2.44. The molecule has 2 rings (SSSR count). The molecule has 0 aliphatic rings. The Morgan fingerprint density at radius 3 is 2.38 bits per heavy atom. The van der Waals surface area contributed by atoms with Gasteiger partial charge in [0.25, 0.3) is 11.8 Å². The lowest BCUT2D eigenvalue weighted by Gasteiger charge is -2.14. The Bertz CT molecular complexity index is 845. The number of hydrazine groups is 1. The van der Waals surface area contributed by atoms with Crippen molar-refractivity contribution < 1.29 is 14.3 Å². The SMILES string of the molecule is Cc1cc(C(=O)NNC(=O)COc2ccc(C#N)cc2)c(C)n1C(C)C. The van der Waals surface area contributed by atoms with Gasteiger partial charge in [0.05, 0.1) is 17.2 Å². The summed E-state index contributed by atoms with van der Waals surface area (Å²) in [6.07, 6.45) is 0. The number of ether oxygens (including phenoxy) is 1. The van der Waals surface area contributed by atoms with Crippen molar-refractivity contribution in [1.82, 2.24) is 15.4 Å². The average molecular weight is 354 g/mol. The zero-order chi connectivity index (χ0) is 19.3. The molecule has 0 bridgehead atoms. The van der Waals surface area contributed by atoms with Crippen LogP contribution in [0.1, 0.15) is 47.2 Å². The number of nitriles is 1. The lowest BCUT2D eigenvalue weighted by molar-refractivity contribution is -0.123. The second kappa shape index (κ2) is 8.21. The van der Waals surface area contributed by atoms with Crippen LogP contribution in [0.2, 0.25) is 0 Å². The number of carbonyl (C=O) groups is 2. The van der Waals surface area contributed by atoms with Gasteiger partial charge in [-0.05, 0) is 58.0 Å². The quantitative estimate of drug-likeness (QED) is 0.806. The standard InChI is InChI=1S/C19H22N4O3/c1-12(2)23-13(3)9-17(14(23)4)19(25)22-21-18(24)11-26-16-7-5-15(10-20)6-8-16/h5-9,12H,11H2,1-4H3,(H,21,24)(H,22,25). The second-order valence-electron chi connectivity index (χ2n) is 6.18. The van der Waals surface area contributed by atoms with Gasteiger partial charge < -0.3 is 9.30 Å². The van der Waals surface area contributed by atoms with E-state index in [9.17, 15) is 9.59 Å². The van der Waals surface area contributed by atoms with Gasteiger partial charge in [0.2, 0.25) is 0 Å². The van der Waals surface area contributed by atoms with Crippen LogP contribution in [0.25, 0.3) is 0 Å². The fraction of sp³-hybridized carbons (Fsp3) is 0.316. The van der Waals surface area contributed by atoms with Crippen LogP contribution in [-0.4, -0.2) is 23.0 Å². The first kappa shape index (κ1) is 19.1. The molecular weight excluding hydrogens is 332 g/mol. The van der Waals surface area contributed by atoms with Crippen molar-refractivity contribution in [2.45, 2.75) is 33.7 Å². The first-order valence-electron chi connectivity index (χ1n) is 8.24. The van der Waals surface area contributed by atoms with Crippen molar-refractivity contribution in [2.75, 3.05) is 6.61 Å². The van der Waals surface area contributed by atoms with E-state index in [0.29, 0.717) is 16.9 Å². The third-order valence-electron chi connectivity index (χ3n) is 3.91. The Morgan fingerprint density at radius 1 is 1.19 bits per heavy atom. The molecule has 0 atom stereocenters. The van der Waals surface area contributed by atoms with E-state index >= 15 is 0 Å². The molecule has 2 N–H and O–H groups in total. The fourth-order valence-electron chi connectivity index (χ4n) is 2.81. The van der Waals surface area contributed by atoms with Crippen LogP contribution < -0.4 is 15.6 Å². The molecule has 0 radical (unpaired) electrons. The Hall–Kier alpha value is -3.27. The molecule has 0 saturated heterocycles. The highest BCUT2D eigenvalue weighted by atomic mass is 16.5. The van der Waals surface area contributed by atoms with Crippen molar-refractivity contribution in [3.8, 4) is 11.8 Å². The Balaban J connectivity index is 1.88. The number of hydrogen-bond donors (Lipinski definition) is 2. The van der Waals surface area contributed by atoms with Crippen molar-refractivity contribution in [3.05, 3.63) is 52.8 Å². The number of benzene rings is 1. The summed E-state index contributed by atoms with van der Waals surface area (Å²) in [5, 5.41) is 8.73. The molecule has 1 aromatic heterocycles. The van der Waals surface area contributed by atoms with E-state index in [2.05, 4.69) is 15.4 Å². The Labute approximate surface area is 152 Å². The van der Waals surface area contributed by atoms with Crippen LogP contribution in [0.3, 0.4) is 0 Å². The molecule has 0 spiro atoms. The number of aromatic nitrogens is 1. The van der Waals surface area contributed by atoms with Gasteiger partial charge in [0.15, 0.2) is 6.61 Å². The van der Waals surface area contributed by atoms with Crippen molar-refractivity contribution in [3.63, 3.8) is 0 Å². The molecule has 0 aliphatic carbocycles. The van der Waals surface area contributed by atoms with Crippen molar-refractivity contribution in [2.24, 2.45) is 0 Å². The number of nitrogens with one attached hydrogen (secondary N) is 2. The average Bonchev–Trinajstić information content (AvgIpc) is 2.92. The highest BCUT2D eigenvalue weighted by molar-refractivity contribution is 5.96. The van der Waals surface area contributed by atoms with Crippen LogP contribution in [0.5, 0.6) is 5.75 Å². The summed E-state index contributed by atoms with van der Waals surface area (Å²) in [6, 6.07) is 10.4. The van der Waals surface area contributed by atoms with Crippen LogP contribution in [0.15, 0.2) is 30.3 Å². The van der Waals surface area contributed by atoms with Gasteiger partial charge in [-0.3, -0.25) is 20.4 Å². The predicted octanol–water partition coefficient (Wildman–Crippen LogP) is 2.40. The number of nitrogens with zero attached hydrogens (tertiary/aromatic N) is 2. The van der Waals surface area contributed by atoms with Crippen LogP contribution in [-0.2, 0) is 4.79 Å². The maximum atomic E-state index is 12.3. The van der Waals surface area contributed by atoms with E-state index in [0.717, 1.165) is 11.4 Å². The zero-order valence-corrected chi connectivity index (χ0v) is 15.3. The monoisotopic (exact) mass is 354 g/mol. The second-order valence-corrected chi connectivity index (χ2v) is 6.18. The normalized spacial score (nSPS) is 10.3. The number of carbonyl (C=O) groups excluding carboxylic acids is 2. The third kappa shape index (κ3) is 4.42. The molecule has 136 valence electrons. The summed E-state index contributed by atoms with van der Waals surface area (Å²) in [6.45, 7) is 7.65. The Morgan fingerprint density at radius 2 is 1.85 bits per heavy atom. The number of amides is 2. The van der Waals surface area contributed by atoms with E-state index in [-0.39, 0.29) is 18.6 Å². The van der Waals surface area contributed by atoms with Gasteiger partial charge in [-0.25, -0.2) is 0 Å². The third-order valence-corrected chi connectivity index (χ3v) is 3.91. The molecule has 2 aromatic rings. The lowest BCUT2D eigenvalue weighted by atomic mass is 10.2. The van der Waals surface area contributed by atoms with Crippen LogP contribution >= 0.6 is 0 Å². The molecule has 0 fully saturated rings. The minimum absolute atomic E-state index is 0.243. The minimum Gasteiger partial charge on any atom is -0.484 e. The topological polar surface area (TPSA) is 96.2 Å². The van der Waals surface area contributed by atoms with Crippen molar-refractivity contribution in [1.29, 1.82) is 5.26 Å². The van der Waals surface area contributed by atoms with Crippen LogP contribution in [0.4, 0.5) is 0 Å². The molecule has 0 unspecified atom stereocenters. The molecule has 1 aromatic carbocycles. The highest BCUT2D eigenvalue weighted by Gasteiger charge is 2.17. The molecule has 7 nitrogen and oxygen atoms in total. The van der Waals surface area contributed by atoms with Gasteiger partial charge in [-0.15, -0.1) is 0 Å². The van der Waals surface area contributed by atoms with Crippen molar-refractivity contribution >= 4 is 11.8 Å². The van der Waals surface area contributed by atoms with Gasteiger partial charge in [-0.1, -0.05) is 0 Å². The summed E-state index contributed by atoms with van der Waals surface area (Å²) < 4.78 is 7.37. The Kier molecular flexibility index (Phi) is 6.02. The number of aryl methyl sites for hydroxylation is 1.